The number of nitrogens with one attached hydrogen (secondary N) is 1. The molecule has 1 aliphatic rings. The fourth-order valence-electron chi connectivity index (χ4n) is 3.48. The highest BCUT2D eigenvalue weighted by Gasteiger charge is 2.43. The number of hydrogen-bond acceptors (Lipinski definition) is 3. The van der Waals surface area contributed by atoms with Crippen LogP contribution in [-0.2, 0) is 9.84 Å². The van der Waals surface area contributed by atoms with Gasteiger partial charge in [-0.05, 0) is 49.9 Å². The molecule has 0 heterocycles. The smallest absolute Gasteiger partial charge is 0.186 e. The second-order valence-corrected chi connectivity index (χ2v) is 8.11. The summed E-state index contributed by atoms with van der Waals surface area (Å²) in [6, 6.07) is 2.32. The molecule has 2 rings (SSSR count). The standard InChI is InChI=1S/C15H21F2NO2S/c1-9-6-10(2)15(13(7-9)18-3)21(19,20)14-8-11(16)4-5-12(14)17/h4-5,8-10,13,15,18H,6-7H2,1-3H3. The zero-order valence-electron chi connectivity index (χ0n) is 12.4. The van der Waals surface area contributed by atoms with E-state index in [0.29, 0.717) is 12.3 Å². The van der Waals surface area contributed by atoms with Gasteiger partial charge in [0.15, 0.2) is 9.84 Å². The van der Waals surface area contributed by atoms with Gasteiger partial charge in [-0.25, -0.2) is 17.2 Å². The van der Waals surface area contributed by atoms with Crippen molar-refractivity contribution in [2.45, 2.75) is 42.9 Å². The Bertz CT molecular complexity index is 618. The van der Waals surface area contributed by atoms with Crippen LogP contribution in [-0.4, -0.2) is 26.8 Å². The van der Waals surface area contributed by atoms with Crippen molar-refractivity contribution in [3.8, 4) is 0 Å². The first-order chi connectivity index (χ1) is 9.77. The Morgan fingerprint density at radius 1 is 1.19 bits per heavy atom. The van der Waals surface area contributed by atoms with Crippen LogP contribution < -0.4 is 5.32 Å². The molecule has 0 aromatic heterocycles. The molecule has 0 aliphatic heterocycles. The zero-order valence-corrected chi connectivity index (χ0v) is 13.3. The van der Waals surface area contributed by atoms with Gasteiger partial charge in [0.2, 0.25) is 0 Å². The highest BCUT2D eigenvalue weighted by atomic mass is 32.2. The van der Waals surface area contributed by atoms with Gasteiger partial charge in [-0.3, -0.25) is 0 Å². The van der Waals surface area contributed by atoms with Gasteiger partial charge in [0.25, 0.3) is 0 Å². The molecular formula is C15H21F2NO2S. The molecule has 0 bridgehead atoms. The lowest BCUT2D eigenvalue weighted by atomic mass is 9.80. The van der Waals surface area contributed by atoms with Crippen LogP contribution in [0, 0.1) is 23.5 Å². The average Bonchev–Trinajstić information content (AvgIpc) is 2.39. The van der Waals surface area contributed by atoms with Gasteiger partial charge < -0.3 is 5.32 Å². The maximum Gasteiger partial charge on any atom is 0.186 e. The molecule has 1 aromatic rings. The Hall–Kier alpha value is -1.01. The second-order valence-electron chi connectivity index (χ2n) is 6.03. The molecule has 118 valence electrons. The summed E-state index contributed by atoms with van der Waals surface area (Å²) in [6.45, 7) is 3.94. The predicted molar refractivity (Wildman–Crippen MR) is 77.7 cm³/mol. The van der Waals surface area contributed by atoms with E-state index < -0.39 is 31.6 Å². The summed E-state index contributed by atoms with van der Waals surface area (Å²) in [4.78, 5) is -0.533. The first-order valence-electron chi connectivity index (χ1n) is 7.13. The molecule has 0 radical (unpaired) electrons. The van der Waals surface area contributed by atoms with E-state index in [1.54, 1.807) is 7.05 Å². The minimum absolute atomic E-state index is 0.112. The summed E-state index contributed by atoms with van der Waals surface area (Å²) in [5.41, 5.74) is 0. The molecule has 4 atom stereocenters. The largest absolute Gasteiger partial charge is 0.316 e. The van der Waals surface area contributed by atoms with E-state index in [1.165, 1.54) is 0 Å². The van der Waals surface area contributed by atoms with E-state index in [4.69, 9.17) is 0 Å². The van der Waals surface area contributed by atoms with Gasteiger partial charge in [-0.15, -0.1) is 0 Å². The van der Waals surface area contributed by atoms with Crippen LogP contribution >= 0.6 is 0 Å². The molecule has 0 amide bonds. The Balaban J connectivity index is 2.48. The van der Waals surface area contributed by atoms with E-state index in [2.05, 4.69) is 12.2 Å². The van der Waals surface area contributed by atoms with E-state index in [-0.39, 0.29) is 12.0 Å². The van der Waals surface area contributed by atoms with Gasteiger partial charge in [-0.1, -0.05) is 13.8 Å². The lowest BCUT2D eigenvalue weighted by Gasteiger charge is -2.39. The van der Waals surface area contributed by atoms with Crippen molar-refractivity contribution < 1.29 is 17.2 Å². The van der Waals surface area contributed by atoms with Crippen molar-refractivity contribution in [3.63, 3.8) is 0 Å². The topological polar surface area (TPSA) is 46.2 Å². The molecule has 21 heavy (non-hydrogen) atoms. The van der Waals surface area contributed by atoms with Gasteiger partial charge in [0.1, 0.15) is 16.5 Å². The number of benzene rings is 1. The molecule has 3 nitrogen and oxygen atoms in total. The highest BCUT2D eigenvalue weighted by Crippen LogP contribution is 2.36. The van der Waals surface area contributed by atoms with Crippen molar-refractivity contribution in [3.05, 3.63) is 29.8 Å². The first kappa shape index (κ1) is 16.4. The van der Waals surface area contributed by atoms with E-state index in [1.807, 2.05) is 6.92 Å². The van der Waals surface area contributed by atoms with Crippen molar-refractivity contribution in [1.29, 1.82) is 0 Å². The summed E-state index contributed by atoms with van der Waals surface area (Å²) in [7, 11) is -2.22. The Morgan fingerprint density at radius 2 is 1.86 bits per heavy atom. The summed E-state index contributed by atoms with van der Waals surface area (Å²) >= 11 is 0. The van der Waals surface area contributed by atoms with Crippen LogP contribution in [0.3, 0.4) is 0 Å². The van der Waals surface area contributed by atoms with Crippen molar-refractivity contribution in [1.82, 2.24) is 5.32 Å². The highest BCUT2D eigenvalue weighted by molar-refractivity contribution is 7.92. The summed E-state index contributed by atoms with van der Waals surface area (Å²) in [6.07, 6.45) is 1.47. The molecule has 0 saturated heterocycles. The van der Waals surface area contributed by atoms with Crippen LogP contribution in [0.4, 0.5) is 8.78 Å². The van der Waals surface area contributed by atoms with Crippen LogP contribution in [0.1, 0.15) is 26.7 Å². The van der Waals surface area contributed by atoms with Crippen LogP contribution in [0.25, 0.3) is 0 Å². The molecule has 4 unspecified atom stereocenters. The molecule has 1 saturated carbocycles. The Morgan fingerprint density at radius 3 is 2.48 bits per heavy atom. The monoisotopic (exact) mass is 317 g/mol. The number of hydrogen-bond donors (Lipinski definition) is 1. The predicted octanol–water partition coefficient (Wildman–Crippen LogP) is 2.76. The number of rotatable bonds is 3. The summed E-state index contributed by atoms with van der Waals surface area (Å²) in [5.74, 6) is -1.34. The first-order valence-corrected chi connectivity index (χ1v) is 8.68. The lowest BCUT2D eigenvalue weighted by Crippen LogP contribution is -2.50. The minimum Gasteiger partial charge on any atom is -0.316 e. The fourth-order valence-corrected chi connectivity index (χ4v) is 5.79. The van der Waals surface area contributed by atoms with Crippen LogP contribution in [0.15, 0.2) is 23.1 Å². The van der Waals surface area contributed by atoms with Gasteiger partial charge >= 0.3 is 0 Å². The molecule has 1 fully saturated rings. The molecule has 1 aromatic carbocycles. The lowest BCUT2D eigenvalue weighted by molar-refractivity contribution is 0.249. The number of sulfone groups is 1. The normalized spacial score (nSPS) is 30.3. The Kier molecular flexibility index (Phi) is 4.68. The molecule has 6 heteroatoms. The molecule has 1 N–H and O–H groups in total. The van der Waals surface area contributed by atoms with Gasteiger partial charge in [-0.2, -0.15) is 0 Å². The number of halogens is 2. The quantitative estimate of drug-likeness (QED) is 0.932. The third-order valence-corrected chi connectivity index (χ3v) is 6.75. The summed E-state index contributed by atoms with van der Waals surface area (Å²) in [5, 5.41) is 2.29. The van der Waals surface area contributed by atoms with E-state index in [0.717, 1.165) is 24.6 Å². The molecular weight excluding hydrogens is 296 g/mol. The van der Waals surface area contributed by atoms with Crippen molar-refractivity contribution in [2.75, 3.05) is 7.05 Å². The summed E-state index contributed by atoms with van der Waals surface area (Å²) < 4.78 is 52.8. The maximum atomic E-state index is 13.9. The third-order valence-electron chi connectivity index (χ3n) is 4.32. The third kappa shape index (κ3) is 3.11. The van der Waals surface area contributed by atoms with E-state index >= 15 is 0 Å². The van der Waals surface area contributed by atoms with Crippen LogP contribution in [0.2, 0.25) is 0 Å². The van der Waals surface area contributed by atoms with Crippen molar-refractivity contribution >= 4 is 9.84 Å². The SMILES string of the molecule is CNC1CC(C)CC(C)C1S(=O)(=O)c1cc(F)ccc1F. The average molecular weight is 317 g/mol. The van der Waals surface area contributed by atoms with Crippen LogP contribution in [0.5, 0.6) is 0 Å². The van der Waals surface area contributed by atoms with Gasteiger partial charge in [0, 0.05) is 6.04 Å². The molecule has 1 aliphatic carbocycles. The maximum absolute atomic E-state index is 13.9. The zero-order chi connectivity index (χ0) is 15.8. The molecule has 0 spiro atoms. The van der Waals surface area contributed by atoms with Crippen molar-refractivity contribution in [2.24, 2.45) is 11.8 Å². The fraction of sp³-hybridized carbons (Fsp3) is 0.600. The minimum atomic E-state index is -3.93. The Labute approximate surface area is 124 Å². The van der Waals surface area contributed by atoms with Gasteiger partial charge in [0.05, 0.1) is 5.25 Å². The second kappa shape index (κ2) is 6.01. The van der Waals surface area contributed by atoms with E-state index in [9.17, 15) is 17.2 Å².